The second-order valence-electron chi connectivity index (χ2n) is 18.8. The molecule has 0 fully saturated rings. The topological polar surface area (TPSA) is 115 Å². The molecule has 0 aromatic carbocycles. The van der Waals surface area contributed by atoms with Crippen LogP contribution in [0.3, 0.4) is 0 Å². The van der Waals surface area contributed by atoms with Crippen molar-refractivity contribution in [3.8, 4) is 0 Å². The number of nitrogens with zero attached hydrogens (tertiary/aromatic N) is 3. The Labute approximate surface area is 400 Å². The fourth-order valence-electron chi connectivity index (χ4n) is 8.05. The average Bonchev–Trinajstić information content (AvgIpc) is 3.30. The first-order valence-corrected chi connectivity index (χ1v) is 27.4. The van der Waals surface area contributed by atoms with E-state index in [1.807, 2.05) is 0 Å². The Morgan fingerprint density at radius 1 is 0.308 bits per heavy atom. The fraction of sp³-hybridized carbons (Fsp3) is 0.926. The summed E-state index contributed by atoms with van der Waals surface area (Å²) in [6, 6.07) is 0. The van der Waals surface area contributed by atoms with Crippen molar-refractivity contribution >= 4 is 23.9 Å². The first-order valence-electron chi connectivity index (χ1n) is 27.4. The zero-order chi connectivity index (χ0) is 47.7. The van der Waals surface area contributed by atoms with Gasteiger partial charge in [0.2, 0.25) is 0 Å². The van der Waals surface area contributed by atoms with Crippen molar-refractivity contribution in [1.82, 2.24) is 14.7 Å². The van der Waals surface area contributed by atoms with Crippen molar-refractivity contribution in [2.45, 2.75) is 239 Å². The summed E-state index contributed by atoms with van der Waals surface area (Å²) in [5.74, 6) is -0.846. The SMILES string of the molecule is CCCCCCCCCCCCOC(=O)CCN(CCC(=O)OC)CCN(C)CCN(CCC(=O)OCCCCCCCCCCCC)CCC(=O)OCCCCCCCCCCCC. The van der Waals surface area contributed by atoms with Crippen molar-refractivity contribution < 1.29 is 38.1 Å². The van der Waals surface area contributed by atoms with Crippen LogP contribution in [0.1, 0.15) is 239 Å². The van der Waals surface area contributed by atoms with E-state index in [2.05, 4.69) is 42.5 Å². The molecule has 384 valence electrons. The fourth-order valence-corrected chi connectivity index (χ4v) is 8.05. The third-order valence-corrected chi connectivity index (χ3v) is 12.6. The summed E-state index contributed by atoms with van der Waals surface area (Å²) in [4.78, 5) is 56.7. The maximum Gasteiger partial charge on any atom is 0.307 e. The number of carbonyl (C=O) groups is 4. The normalized spacial score (nSPS) is 11.5. The number of carbonyl (C=O) groups excluding carboxylic acids is 4. The van der Waals surface area contributed by atoms with E-state index in [1.165, 1.54) is 161 Å². The lowest BCUT2D eigenvalue weighted by molar-refractivity contribution is -0.145. The van der Waals surface area contributed by atoms with Crippen LogP contribution in [0.4, 0.5) is 0 Å². The molecule has 0 aliphatic rings. The summed E-state index contributed by atoms with van der Waals surface area (Å²) in [7, 11) is 3.45. The second kappa shape index (κ2) is 49.7. The smallest absolute Gasteiger partial charge is 0.307 e. The summed E-state index contributed by atoms with van der Waals surface area (Å²) >= 11 is 0. The van der Waals surface area contributed by atoms with Gasteiger partial charge in [-0.2, -0.15) is 0 Å². The Balaban J connectivity index is 4.84. The monoisotopic (exact) mass is 924 g/mol. The highest BCUT2D eigenvalue weighted by atomic mass is 16.5. The minimum atomic E-state index is -0.272. The van der Waals surface area contributed by atoms with E-state index in [4.69, 9.17) is 18.9 Å². The van der Waals surface area contributed by atoms with Gasteiger partial charge in [0.05, 0.1) is 52.6 Å². The van der Waals surface area contributed by atoms with E-state index in [0.717, 1.165) is 51.6 Å². The molecule has 11 nitrogen and oxygen atoms in total. The van der Waals surface area contributed by atoms with Gasteiger partial charge < -0.3 is 33.6 Å². The lowest BCUT2D eigenvalue weighted by Crippen LogP contribution is -2.40. The highest BCUT2D eigenvalue weighted by Crippen LogP contribution is 2.13. The van der Waals surface area contributed by atoms with E-state index in [9.17, 15) is 19.2 Å². The predicted molar refractivity (Wildman–Crippen MR) is 269 cm³/mol. The third-order valence-electron chi connectivity index (χ3n) is 12.6. The number of likely N-dealkylation sites (N-methyl/N-ethyl adjacent to an activating group) is 1. The van der Waals surface area contributed by atoms with Crippen molar-refractivity contribution in [3.63, 3.8) is 0 Å². The first-order chi connectivity index (χ1) is 31.7. The highest BCUT2D eigenvalue weighted by Gasteiger charge is 2.16. The molecular formula is C54H105N3O8. The van der Waals surface area contributed by atoms with Gasteiger partial charge in [-0.05, 0) is 26.3 Å². The maximum absolute atomic E-state index is 12.8. The van der Waals surface area contributed by atoms with Crippen molar-refractivity contribution in [2.75, 3.05) is 86.3 Å². The molecule has 0 aliphatic carbocycles. The van der Waals surface area contributed by atoms with Crippen LogP contribution in [0.5, 0.6) is 0 Å². The van der Waals surface area contributed by atoms with Crippen LogP contribution in [-0.4, -0.2) is 125 Å². The molecule has 0 aromatic heterocycles. The highest BCUT2D eigenvalue weighted by molar-refractivity contribution is 5.70. The molecule has 65 heavy (non-hydrogen) atoms. The molecule has 0 saturated carbocycles. The standard InChI is InChI=1S/C54H105N3O8/c1-6-9-12-15-18-21-24-27-30-33-48-63-52(59)37-41-56(40-36-51(58)62-5)46-44-55(4)45-47-57(42-38-53(60)64-49-34-31-28-25-22-19-16-13-10-7-2)43-39-54(61)65-50-35-32-29-26-23-20-17-14-11-8-3/h6-50H2,1-5H3. The molecule has 0 rings (SSSR count). The summed E-state index contributed by atoms with van der Waals surface area (Å²) < 4.78 is 21.7. The summed E-state index contributed by atoms with van der Waals surface area (Å²) in [6.45, 7) is 13.0. The molecule has 11 heteroatoms. The number of methoxy groups -OCH3 is 1. The van der Waals surface area contributed by atoms with E-state index in [1.54, 1.807) is 0 Å². The van der Waals surface area contributed by atoms with Crippen LogP contribution in [0, 0.1) is 0 Å². The van der Waals surface area contributed by atoms with Gasteiger partial charge in [0.25, 0.3) is 0 Å². The van der Waals surface area contributed by atoms with Crippen molar-refractivity contribution in [2.24, 2.45) is 0 Å². The van der Waals surface area contributed by atoms with Crippen molar-refractivity contribution in [1.29, 1.82) is 0 Å². The summed E-state index contributed by atoms with van der Waals surface area (Å²) in [5, 5.41) is 0. The molecule has 0 atom stereocenters. The molecule has 0 aliphatic heterocycles. The molecule has 0 radical (unpaired) electrons. The largest absolute Gasteiger partial charge is 0.469 e. The van der Waals surface area contributed by atoms with E-state index in [-0.39, 0.29) is 49.6 Å². The number of rotatable bonds is 51. The molecular weight excluding hydrogens is 819 g/mol. The van der Waals surface area contributed by atoms with Gasteiger partial charge in [0, 0.05) is 52.4 Å². The molecule has 0 heterocycles. The molecule has 0 spiro atoms. The van der Waals surface area contributed by atoms with Crippen LogP contribution in [-0.2, 0) is 38.1 Å². The lowest BCUT2D eigenvalue weighted by atomic mass is 10.1. The van der Waals surface area contributed by atoms with Gasteiger partial charge in [0.15, 0.2) is 0 Å². The van der Waals surface area contributed by atoms with Crippen molar-refractivity contribution in [3.05, 3.63) is 0 Å². The van der Waals surface area contributed by atoms with Gasteiger partial charge in [-0.25, -0.2) is 0 Å². The molecule has 0 amide bonds. The van der Waals surface area contributed by atoms with E-state index < -0.39 is 0 Å². The number of unbranched alkanes of at least 4 members (excludes halogenated alkanes) is 27. The van der Waals surface area contributed by atoms with Crippen LogP contribution in [0.15, 0.2) is 0 Å². The minimum absolute atomic E-state index is 0.189. The van der Waals surface area contributed by atoms with Crippen LogP contribution < -0.4 is 0 Å². The summed E-state index contributed by atoms with van der Waals surface area (Å²) in [6.07, 6.45) is 38.2. The number of esters is 4. The molecule has 0 saturated heterocycles. The first kappa shape index (κ1) is 62.8. The predicted octanol–water partition coefficient (Wildman–Crippen LogP) is 12.6. The van der Waals surface area contributed by atoms with Crippen LogP contribution in [0.2, 0.25) is 0 Å². The Morgan fingerprint density at radius 3 is 0.785 bits per heavy atom. The molecule has 0 aromatic rings. The quantitative estimate of drug-likeness (QED) is 0.0330. The third kappa shape index (κ3) is 46.7. The van der Waals surface area contributed by atoms with E-state index >= 15 is 0 Å². The van der Waals surface area contributed by atoms with Gasteiger partial charge >= 0.3 is 23.9 Å². The number of ether oxygens (including phenoxy) is 4. The number of hydrogen-bond acceptors (Lipinski definition) is 11. The lowest BCUT2D eigenvalue weighted by Gasteiger charge is -2.27. The van der Waals surface area contributed by atoms with Gasteiger partial charge in [-0.3, -0.25) is 19.2 Å². The Kier molecular flexibility index (Phi) is 47.9. The minimum Gasteiger partial charge on any atom is -0.469 e. The zero-order valence-corrected chi connectivity index (χ0v) is 43.4. The Bertz CT molecular complexity index is 1040. The van der Waals surface area contributed by atoms with Crippen LogP contribution in [0.25, 0.3) is 0 Å². The van der Waals surface area contributed by atoms with Crippen LogP contribution >= 0.6 is 0 Å². The molecule has 0 bridgehead atoms. The molecule has 0 unspecified atom stereocenters. The van der Waals surface area contributed by atoms with E-state index in [0.29, 0.717) is 59.1 Å². The van der Waals surface area contributed by atoms with Gasteiger partial charge in [-0.1, -0.05) is 194 Å². The Hall–Kier alpha value is -2.24. The zero-order valence-electron chi connectivity index (χ0n) is 43.4. The number of hydrogen-bond donors (Lipinski definition) is 0. The Morgan fingerprint density at radius 2 is 0.538 bits per heavy atom. The maximum atomic E-state index is 12.8. The summed E-state index contributed by atoms with van der Waals surface area (Å²) in [5.41, 5.74) is 0. The second-order valence-corrected chi connectivity index (χ2v) is 18.8. The van der Waals surface area contributed by atoms with Gasteiger partial charge in [0.1, 0.15) is 0 Å². The average molecular weight is 924 g/mol. The molecule has 0 N–H and O–H groups in total. The van der Waals surface area contributed by atoms with Gasteiger partial charge in [-0.15, -0.1) is 0 Å².